The van der Waals surface area contributed by atoms with E-state index in [9.17, 15) is 0 Å². The van der Waals surface area contributed by atoms with E-state index in [1.807, 2.05) is 57.7 Å². The van der Waals surface area contributed by atoms with E-state index >= 15 is 0 Å². The molecule has 1 aromatic carbocycles. The Kier molecular flexibility index (Phi) is 13.8. The van der Waals surface area contributed by atoms with Gasteiger partial charge in [0.2, 0.25) is 0 Å². The number of thioether (sulfide) groups is 1. The zero-order valence-electron chi connectivity index (χ0n) is 11.6. The Labute approximate surface area is 106 Å². The second-order valence-electron chi connectivity index (χ2n) is 2.87. The molecule has 0 aliphatic heterocycles. The van der Waals surface area contributed by atoms with Crippen molar-refractivity contribution >= 4 is 17.4 Å². The maximum Gasteiger partial charge on any atom is 0.0452 e. The summed E-state index contributed by atoms with van der Waals surface area (Å²) in [4.78, 5) is 1.20. The predicted octanol–water partition coefficient (Wildman–Crippen LogP) is 5.21. The fourth-order valence-corrected chi connectivity index (χ4v) is 1.85. The van der Waals surface area contributed by atoms with E-state index in [1.54, 1.807) is 0 Å². The summed E-state index contributed by atoms with van der Waals surface area (Å²) < 4.78 is 0. The van der Waals surface area contributed by atoms with Crippen LogP contribution in [-0.4, -0.2) is 5.25 Å². The van der Waals surface area contributed by atoms with E-state index in [0.717, 1.165) is 5.69 Å². The lowest BCUT2D eigenvalue weighted by atomic mass is 10.3. The second-order valence-corrected chi connectivity index (χ2v) is 4.35. The van der Waals surface area contributed by atoms with Gasteiger partial charge in [-0.2, -0.15) is 0 Å². The fraction of sp³-hybridized carbons (Fsp3) is 0.571. The molecule has 2 N–H and O–H groups in total. The summed E-state index contributed by atoms with van der Waals surface area (Å²) in [5, 5.41) is 0.648. The molecule has 0 aliphatic carbocycles. The number of para-hydroxylation sites is 1. The van der Waals surface area contributed by atoms with Crippen molar-refractivity contribution in [3.63, 3.8) is 0 Å². The Morgan fingerprint density at radius 1 is 1.12 bits per heavy atom. The molecule has 0 fully saturated rings. The highest BCUT2D eigenvalue weighted by atomic mass is 32.2. The molecule has 0 saturated heterocycles. The Morgan fingerprint density at radius 2 is 1.62 bits per heavy atom. The van der Waals surface area contributed by atoms with Crippen LogP contribution in [-0.2, 0) is 0 Å². The summed E-state index contributed by atoms with van der Waals surface area (Å²) in [6, 6.07) is 8.02. The average molecular weight is 241 g/mol. The number of hydrogen-bond donors (Lipinski definition) is 1. The van der Waals surface area contributed by atoms with Crippen LogP contribution in [0.2, 0.25) is 0 Å². The topological polar surface area (TPSA) is 26.0 Å². The Morgan fingerprint density at radius 3 is 2.06 bits per heavy atom. The zero-order valence-corrected chi connectivity index (χ0v) is 12.4. The van der Waals surface area contributed by atoms with Crippen molar-refractivity contribution in [3.8, 4) is 0 Å². The van der Waals surface area contributed by atoms with Gasteiger partial charge >= 0.3 is 0 Å². The van der Waals surface area contributed by atoms with Crippen LogP contribution in [0.4, 0.5) is 5.69 Å². The van der Waals surface area contributed by atoms with Gasteiger partial charge in [-0.05, 0) is 18.6 Å². The summed E-state index contributed by atoms with van der Waals surface area (Å²) >= 11 is 1.85. The minimum absolute atomic E-state index is 0.648. The molecule has 1 aromatic rings. The van der Waals surface area contributed by atoms with Crippen molar-refractivity contribution < 1.29 is 0 Å². The molecular weight excluding hydrogens is 214 g/mol. The van der Waals surface area contributed by atoms with Crippen LogP contribution in [0.25, 0.3) is 0 Å². The first kappa shape index (κ1) is 17.8. The molecule has 1 rings (SSSR count). The van der Waals surface area contributed by atoms with Gasteiger partial charge in [-0.1, -0.05) is 53.7 Å². The normalized spacial score (nSPS) is 10.4. The van der Waals surface area contributed by atoms with E-state index in [4.69, 9.17) is 5.73 Å². The maximum absolute atomic E-state index is 5.80. The monoisotopic (exact) mass is 241 g/mol. The lowest BCUT2D eigenvalue weighted by molar-refractivity contribution is 0.906. The molecule has 16 heavy (non-hydrogen) atoms. The van der Waals surface area contributed by atoms with Crippen LogP contribution in [0.5, 0.6) is 0 Å². The summed E-state index contributed by atoms with van der Waals surface area (Å²) in [5.41, 5.74) is 6.69. The molecule has 94 valence electrons. The number of hydrogen-bond acceptors (Lipinski definition) is 2. The third-order valence-electron chi connectivity index (χ3n) is 1.82. The maximum atomic E-state index is 5.80. The standard InChI is InChI=1S/C10H15NS.2C2H6/c1-3-8(2)12-10-7-5-4-6-9(10)11;2*1-2/h4-8H,3,11H2,1-2H3;2*1-2H3. The zero-order chi connectivity index (χ0) is 13.0. The van der Waals surface area contributed by atoms with Crippen molar-refractivity contribution in [2.75, 3.05) is 5.73 Å². The Balaban J connectivity index is 0. The van der Waals surface area contributed by atoms with E-state index in [2.05, 4.69) is 19.9 Å². The Bertz CT molecular complexity index is 248. The van der Waals surface area contributed by atoms with Gasteiger partial charge in [-0.15, -0.1) is 11.8 Å². The van der Waals surface area contributed by atoms with Crippen LogP contribution >= 0.6 is 11.8 Å². The van der Waals surface area contributed by atoms with Gasteiger partial charge in [0, 0.05) is 15.8 Å². The molecule has 0 spiro atoms. The molecule has 0 bridgehead atoms. The molecule has 0 aliphatic rings. The number of rotatable bonds is 3. The Hall–Kier alpha value is -0.630. The summed E-state index contributed by atoms with van der Waals surface area (Å²) in [6.45, 7) is 12.4. The van der Waals surface area contributed by atoms with E-state index in [0.29, 0.717) is 5.25 Å². The minimum Gasteiger partial charge on any atom is -0.398 e. The number of nitrogen functional groups attached to an aromatic ring is 1. The van der Waals surface area contributed by atoms with E-state index < -0.39 is 0 Å². The van der Waals surface area contributed by atoms with Gasteiger partial charge in [0.05, 0.1) is 0 Å². The van der Waals surface area contributed by atoms with Gasteiger partial charge in [-0.25, -0.2) is 0 Å². The molecule has 0 aromatic heterocycles. The van der Waals surface area contributed by atoms with Gasteiger partial charge in [-0.3, -0.25) is 0 Å². The molecule has 2 heteroatoms. The quantitative estimate of drug-likeness (QED) is 0.580. The molecule has 1 nitrogen and oxygen atoms in total. The van der Waals surface area contributed by atoms with E-state index in [-0.39, 0.29) is 0 Å². The lowest BCUT2D eigenvalue weighted by Crippen LogP contribution is -1.94. The van der Waals surface area contributed by atoms with Crippen LogP contribution in [0, 0.1) is 0 Å². The van der Waals surface area contributed by atoms with Crippen molar-refractivity contribution in [2.45, 2.75) is 58.1 Å². The van der Waals surface area contributed by atoms with Crippen LogP contribution in [0.1, 0.15) is 48.0 Å². The molecular formula is C14H27NS. The first-order chi connectivity index (χ1) is 7.74. The van der Waals surface area contributed by atoms with Crippen molar-refractivity contribution in [1.82, 2.24) is 0 Å². The summed E-state index contributed by atoms with van der Waals surface area (Å²) in [7, 11) is 0. The molecule has 0 amide bonds. The number of benzene rings is 1. The van der Waals surface area contributed by atoms with Crippen LogP contribution in [0.3, 0.4) is 0 Å². The molecule has 0 heterocycles. The molecule has 0 saturated carbocycles. The summed E-state index contributed by atoms with van der Waals surface area (Å²) in [6.07, 6.45) is 1.18. The van der Waals surface area contributed by atoms with Crippen molar-refractivity contribution in [3.05, 3.63) is 24.3 Å². The molecule has 1 unspecified atom stereocenters. The lowest BCUT2D eigenvalue weighted by Gasteiger charge is -2.09. The SMILES string of the molecule is CC.CC.CCC(C)Sc1ccccc1N. The number of nitrogens with two attached hydrogens (primary N) is 1. The largest absolute Gasteiger partial charge is 0.398 e. The average Bonchev–Trinajstić information content (AvgIpc) is 2.37. The van der Waals surface area contributed by atoms with Crippen molar-refractivity contribution in [2.24, 2.45) is 0 Å². The summed E-state index contributed by atoms with van der Waals surface area (Å²) in [5.74, 6) is 0. The predicted molar refractivity (Wildman–Crippen MR) is 79.2 cm³/mol. The highest BCUT2D eigenvalue weighted by Crippen LogP contribution is 2.29. The highest BCUT2D eigenvalue weighted by Gasteiger charge is 2.03. The van der Waals surface area contributed by atoms with Gasteiger partial charge in [0.15, 0.2) is 0 Å². The number of anilines is 1. The van der Waals surface area contributed by atoms with Crippen LogP contribution < -0.4 is 5.73 Å². The first-order valence-electron chi connectivity index (χ1n) is 6.25. The second kappa shape index (κ2) is 12.4. The van der Waals surface area contributed by atoms with Gasteiger partial charge in [0.25, 0.3) is 0 Å². The third kappa shape index (κ3) is 7.63. The third-order valence-corrected chi connectivity index (χ3v) is 3.18. The van der Waals surface area contributed by atoms with E-state index in [1.165, 1.54) is 11.3 Å². The smallest absolute Gasteiger partial charge is 0.0452 e. The first-order valence-corrected chi connectivity index (χ1v) is 7.13. The molecule has 0 radical (unpaired) electrons. The highest BCUT2D eigenvalue weighted by molar-refractivity contribution is 8.00. The minimum atomic E-state index is 0.648. The molecule has 1 atom stereocenters. The fourth-order valence-electron chi connectivity index (χ4n) is 0.888. The van der Waals surface area contributed by atoms with Gasteiger partial charge < -0.3 is 5.73 Å². The van der Waals surface area contributed by atoms with Crippen LogP contribution in [0.15, 0.2) is 29.2 Å². The van der Waals surface area contributed by atoms with Crippen molar-refractivity contribution in [1.29, 1.82) is 0 Å². The van der Waals surface area contributed by atoms with Gasteiger partial charge in [0.1, 0.15) is 0 Å².